The Labute approximate surface area is 118 Å². The number of rotatable bonds is 3. The summed E-state index contributed by atoms with van der Waals surface area (Å²) in [5.74, 6) is 0. The Hall–Kier alpha value is -2.60. The first-order valence-electron chi connectivity index (χ1n) is 6.41. The van der Waals surface area contributed by atoms with Gasteiger partial charge in [0.1, 0.15) is 11.6 Å². The summed E-state index contributed by atoms with van der Waals surface area (Å²) in [5.41, 5.74) is 4.03. The molecule has 0 N–H and O–H groups in total. The molecule has 100 valence electrons. The van der Waals surface area contributed by atoms with E-state index in [1.165, 1.54) is 11.1 Å². The number of aryl methyl sites for hydroxylation is 2. The third-order valence-electron chi connectivity index (χ3n) is 3.41. The average molecular weight is 264 g/mol. The third kappa shape index (κ3) is 2.41. The molecule has 0 unspecified atom stereocenters. The molecule has 1 aromatic heterocycles. The first kappa shape index (κ1) is 13.8. The number of nitrogens with zero attached hydrogens (tertiary/aromatic N) is 2. The molecule has 20 heavy (non-hydrogen) atoms. The van der Waals surface area contributed by atoms with E-state index in [1.54, 1.807) is 16.7 Å². The van der Waals surface area contributed by atoms with Gasteiger partial charge in [-0.1, -0.05) is 18.2 Å². The fourth-order valence-corrected chi connectivity index (χ4v) is 2.13. The molecule has 0 aliphatic heterocycles. The van der Waals surface area contributed by atoms with Gasteiger partial charge in [0.15, 0.2) is 0 Å². The molecule has 0 bridgehead atoms. The van der Waals surface area contributed by atoms with Crippen molar-refractivity contribution in [2.75, 3.05) is 0 Å². The minimum atomic E-state index is -0.275. The molecule has 0 amide bonds. The number of aromatic nitrogens is 1. The smallest absolute Gasteiger partial charge is 0.269 e. The minimum absolute atomic E-state index is 0.152. The SMILES string of the molecule is C=CCn1c(-c2ccc(C)c(C)c2)ccc(C#N)c1=O. The molecule has 1 heterocycles. The first-order valence-corrected chi connectivity index (χ1v) is 6.41. The van der Waals surface area contributed by atoms with Gasteiger partial charge in [-0.25, -0.2) is 0 Å². The van der Waals surface area contributed by atoms with Crippen molar-refractivity contribution in [3.05, 3.63) is 70.0 Å². The summed E-state index contributed by atoms with van der Waals surface area (Å²) in [4.78, 5) is 12.2. The molecule has 2 aromatic rings. The molecule has 0 atom stereocenters. The van der Waals surface area contributed by atoms with Crippen molar-refractivity contribution in [1.82, 2.24) is 4.57 Å². The van der Waals surface area contributed by atoms with Crippen LogP contribution >= 0.6 is 0 Å². The summed E-state index contributed by atoms with van der Waals surface area (Å²) in [6.45, 7) is 8.15. The number of hydrogen-bond acceptors (Lipinski definition) is 2. The highest BCUT2D eigenvalue weighted by atomic mass is 16.1. The van der Waals surface area contributed by atoms with Gasteiger partial charge in [0.25, 0.3) is 5.56 Å². The fourth-order valence-electron chi connectivity index (χ4n) is 2.13. The summed E-state index contributed by atoms with van der Waals surface area (Å²) in [7, 11) is 0. The van der Waals surface area contributed by atoms with Crippen LogP contribution in [0, 0.1) is 25.2 Å². The number of nitriles is 1. The lowest BCUT2D eigenvalue weighted by atomic mass is 10.0. The highest BCUT2D eigenvalue weighted by molar-refractivity contribution is 5.62. The maximum absolute atomic E-state index is 12.2. The molecular formula is C17H16N2O. The van der Waals surface area contributed by atoms with Gasteiger partial charge in [-0.15, -0.1) is 6.58 Å². The zero-order chi connectivity index (χ0) is 14.7. The summed E-state index contributed by atoms with van der Waals surface area (Å²) < 4.78 is 1.58. The van der Waals surface area contributed by atoms with Crippen LogP contribution in [0.25, 0.3) is 11.3 Å². The maximum Gasteiger partial charge on any atom is 0.269 e. The van der Waals surface area contributed by atoms with Crippen LogP contribution in [0.15, 0.2) is 47.8 Å². The van der Waals surface area contributed by atoms with Crippen molar-refractivity contribution < 1.29 is 0 Å². The molecular weight excluding hydrogens is 248 g/mol. The van der Waals surface area contributed by atoms with E-state index in [-0.39, 0.29) is 11.1 Å². The lowest BCUT2D eigenvalue weighted by Gasteiger charge is -2.13. The molecule has 0 saturated carbocycles. The van der Waals surface area contributed by atoms with Crippen molar-refractivity contribution in [2.45, 2.75) is 20.4 Å². The van der Waals surface area contributed by atoms with Crippen LogP contribution in [-0.4, -0.2) is 4.57 Å². The van der Waals surface area contributed by atoms with Gasteiger partial charge in [0.05, 0.1) is 5.69 Å². The van der Waals surface area contributed by atoms with Crippen molar-refractivity contribution in [3.63, 3.8) is 0 Å². The van der Waals surface area contributed by atoms with Gasteiger partial charge in [-0.3, -0.25) is 4.79 Å². The van der Waals surface area contributed by atoms with E-state index in [4.69, 9.17) is 5.26 Å². The Balaban J connectivity index is 2.70. The number of hydrogen-bond donors (Lipinski definition) is 0. The standard InChI is InChI=1S/C17H16N2O/c1-4-9-19-16(8-7-15(11-18)17(19)20)14-6-5-12(2)13(3)10-14/h4-8,10H,1,9H2,2-3H3. The lowest BCUT2D eigenvalue weighted by Crippen LogP contribution is -2.23. The molecule has 0 aliphatic rings. The Morgan fingerprint density at radius 3 is 2.60 bits per heavy atom. The second-order valence-electron chi connectivity index (χ2n) is 4.75. The second-order valence-corrected chi connectivity index (χ2v) is 4.75. The highest BCUT2D eigenvalue weighted by Crippen LogP contribution is 2.21. The molecule has 3 nitrogen and oxygen atoms in total. The van der Waals surface area contributed by atoms with Gasteiger partial charge in [0, 0.05) is 6.54 Å². The molecule has 0 radical (unpaired) electrons. The van der Waals surface area contributed by atoms with Crippen LogP contribution < -0.4 is 5.56 Å². The third-order valence-corrected chi connectivity index (χ3v) is 3.41. The monoisotopic (exact) mass is 264 g/mol. The van der Waals surface area contributed by atoms with Gasteiger partial charge in [-0.2, -0.15) is 5.26 Å². The number of benzene rings is 1. The molecule has 0 saturated heterocycles. The van der Waals surface area contributed by atoms with Crippen LogP contribution in [0.4, 0.5) is 0 Å². The first-order chi connectivity index (χ1) is 9.58. The van der Waals surface area contributed by atoms with Crippen LogP contribution in [-0.2, 0) is 6.54 Å². The Kier molecular flexibility index (Phi) is 3.86. The zero-order valence-electron chi connectivity index (χ0n) is 11.7. The van der Waals surface area contributed by atoms with E-state index in [9.17, 15) is 4.79 Å². The van der Waals surface area contributed by atoms with E-state index in [1.807, 2.05) is 31.2 Å². The van der Waals surface area contributed by atoms with Crippen molar-refractivity contribution >= 4 is 0 Å². The van der Waals surface area contributed by atoms with Crippen molar-refractivity contribution in [2.24, 2.45) is 0 Å². The summed E-state index contributed by atoms with van der Waals surface area (Å²) in [6.07, 6.45) is 1.66. The summed E-state index contributed by atoms with van der Waals surface area (Å²) in [6, 6.07) is 11.4. The number of pyridine rings is 1. The molecule has 0 fully saturated rings. The normalized spacial score (nSPS) is 10.1. The van der Waals surface area contributed by atoms with Crippen LogP contribution in [0.1, 0.15) is 16.7 Å². The highest BCUT2D eigenvalue weighted by Gasteiger charge is 2.10. The Bertz CT molecular complexity index is 764. The van der Waals surface area contributed by atoms with E-state index in [2.05, 4.69) is 19.6 Å². The van der Waals surface area contributed by atoms with Gasteiger partial charge >= 0.3 is 0 Å². The second kappa shape index (κ2) is 5.58. The fraction of sp³-hybridized carbons (Fsp3) is 0.176. The predicted octanol–water partition coefficient (Wildman–Crippen LogP) is 3.19. The Morgan fingerprint density at radius 1 is 1.25 bits per heavy atom. The van der Waals surface area contributed by atoms with Crippen LogP contribution in [0.2, 0.25) is 0 Å². The molecule has 2 rings (SSSR count). The molecule has 0 spiro atoms. The van der Waals surface area contributed by atoms with E-state index < -0.39 is 0 Å². The molecule has 3 heteroatoms. The number of allylic oxidation sites excluding steroid dienone is 1. The molecule has 1 aromatic carbocycles. The predicted molar refractivity (Wildman–Crippen MR) is 80.5 cm³/mol. The quantitative estimate of drug-likeness (QED) is 0.799. The minimum Gasteiger partial charge on any atom is -0.303 e. The van der Waals surface area contributed by atoms with E-state index in [0.29, 0.717) is 6.54 Å². The van der Waals surface area contributed by atoms with Gasteiger partial charge < -0.3 is 4.57 Å². The maximum atomic E-state index is 12.2. The Morgan fingerprint density at radius 2 is 2.00 bits per heavy atom. The zero-order valence-corrected chi connectivity index (χ0v) is 11.7. The van der Waals surface area contributed by atoms with Crippen LogP contribution in [0.5, 0.6) is 0 Å². The summed E-state index contributed by atoms with van der Waals surface area (Å²) in [5, 5.41) is 8.96. The van der Waals surface area contributed by atoms with Gasteiger partial charge in [-0.05, 0) is 48.7 Å². The topological polar surface area (TPSA) is 45.8 Å². The van der Waals surface area contributed by atoms with E-state index in [0.717, 1.165) is 11.3 Å². The average Bonchev–Trinajstić information content (AvgIpc) is 2.44. The summed E-state index contributed by atoms with van der Waals surface area (Å²) >= 11 is 0. The lowest BCUT2D eigenvalue weighted by molar-refractivity contribution is 0.786. The van der Waals surface area contributed by atoms with Crippen molar-refractivity contribution in [3.8, 4) is 17.3 Å². The largest absolute Gasteiger partial charge is 0.303 e. The van der Waals surface area contributed by atoms with E-state index >= 15 is 0 Å². The van der Waals surface area contributed by atoms with Crippen LogP contribution in [0.3, 0.4) is 0 Å². The van der Waals surface area contributed by atoms with Gasteiger partial charge in [0.2, 0.25) is 0 Å². The van der Waals surface area contributed by atoms with Crippen molar-refractivity contribution in [1.29, 1.82) is 5.26 Å². The molecule has 0 aliphatic carbocycles.